The van der Waals surface area contributed by atoms with Gasteiger partial charge in [0, 0.05) is 18.7 Å². The molecule has 0 saturated carbocycles. The van der Waals surface area contributed by atoms with E-state index in [-0.39, 0.29) is 23.3 Å². The molecule has 0 saturated heterocycles. The third kappa shape index (κ3) is 5.54. The number of nitrogens with zero attached hydrogens (tertiary/aromatic N) is 1. The number of nitrogens with one attached hydrogen (secondary N) is 2. The minimum atomic E-state index is -3.92. The molecule has 0 spiro atoms. The smallest absolute Gasteiger partial charge is 0.241 e. The van der Waals surface area contributed by atoms with Crippen LogP contribution in [0, 0.1) is 5.92 Å². The predicted molar refractivity (Wildman–Crippen MR) is 117 cm³/mol. The topological polar surface area (TPSA) is 109 Å². The number of benzene rings is 1. The number of amides is 2. The van der Waals surface area contributed by atoms with Gasteiger partial charge in [0.2, 0.25) is 21.8 Å². The summed E-state index contributed by atoms with van der Waals surface area (Å²) in [5.41, 5.74) is 1.56. The SMILES string of the molecule is CCC(=O)N1CCc2cc(S(=O)(=O)N[C@H](CC(C)C)C(=O)NCc3ccco3)ccc21. The molecule has 1 aliphatic rings. The van der Waals surface area contributed by atoms with Gasteiger partial charge in [-0.05, 0) is 54.7 Å². The molecule has 1 aromatic heterocycles. The molecule has 8 nitrogen and oxygen atoms in total. The van der Waals surface area contributed by atoms with Crippen molar-refractivity contribution in [2.24, 2.45) is 5.92 Å². The zero-order valence-electron chi connectivity index (χ0n) is 18.1. The second-order valence-corrected chi connectivity index (χ2v) is 9.75. The van der Waals surface area contributed by atoms with Crippen LogP contribution < -0.4 is 14.9 Å². The maximum absolute atomic E-state index is 13.0. The molecule has 1 atom stereocenters. The van der Waals surface area contributed by atoms with E-state index in [0.717, 1.165) is 11.3 Å². The van der Waals surface area contributed by atoms with Crippen LogP contribution in [0.4, 0.5) is 5.69 Å². The second kappa shape index (κ2) is 9.65. The van der Waals surface area contributed by atoms with Crippen LogP contribution in [0.3, 0.4) is 0 Å². The number of carbonyl (C=O) groups is 2. The monoisotopic (exact) mass is 447 g/mol. The van der Waals surface area contributed by atoms with Gasteiger partial charge in [-0.2, -0.15) is 4.72 Å². The molecule has 0 unspecified atom stereocenters. The van der Waals surface area contributed by atoms with E-state index in [9.17, 15) is 18.0 Å². The molecule has 2 aromatic rings. The van der Waals surface area contributed by atoms with E-state index in [1.54, 1.807) is 36.1 Å². The third-order valence-corrected chi connectivity index (χ3v) is 6.67. The fraction of sp³-hybridized carbons (Fsp3) is 0.455. The molecule has 168 valence electrons. The molecule has 0 aliphatic carbocycles. The summed E-state index contributed by atoms with van der Waals surface area (Å²) in [5, 5.41) is 2.73. The summed E-state index contributed by atoms with van der Waals surface area (Å²) >= 11 is 0. The van der Waals surface area contributed by atoms with Crippen LogP contribution in [-0.4, -0.2) is 32.8 Å². The van der Waals surface area contributed by atoms with E-state index < -0.39 is 22.0 Å². The summed E-state index contributed by atoms with van der Waals surface area (Å²) in [6, 6.07) is 7.28. The number of anilines is 1. The fourth-order valence-electron chi connectivity index (χ4n) is 3.64. The molecular weight excluding hydrogens is 418 g/mol. The van der Waals surface area contributed by atoms with Gasteiger partial charge in [0.1, 0.15) is 11.8 Å². The Morgan fingerprint density at radius 2 is 2.00 bits per heavy atom. The van der Waals surface area contributed by atoms with Crippen LogP contribution in [0.1, 0.15) is 44.9 Å². The van der Waals surface area contributed by atoms with Gasteiger partial charge in [0.15, 0.2) is 0 Å². The first kappa shape index (κ1) is 23.0. The highest BCUT2D eigenvalue weighted by Gasteiger charge is 2.29. The van der Waals surface area contributed by atoms with Gasteiger partial charge in [0.05, 0.1) is 17.7 Å². The third-order valence-electron chi connectivity index (χ3n) is 5.20. The minimum Gasteiger partial charge on any atom is -0.467 e. The normalized spacial score (nSPS) is 14.5. The lowest BCUT2D eigenvalue weighted by Crippen LogP contribution is -2.47. The van der Waals surface area contributed by atoms with Gasteiger partial charge < -0.3 is 14.6 Å². The molecular formula is C22H29N3O5S. The maximum Gasteiger partial charge on any atom is 0.241 e. The first-order valence-electron chi connectivity index (χ1n) is 10.5. The Hall–Kier alpha value is -2.65. The maximum atomic E-state index is 13.0. The second-order valence-electron chi connectivity index (χ2n) is 8.04. The van der Waals surface area contributed by atoms with Gasteiger partial charge in [-0.3, -0.25) is 9.59 Å². The molecule has 0 radical (unpaired) electrons. The van der Waals surface area contributed by atoms with Crippen molar-refractivity contribution in [3.8, 4) is 0 Å². The Bertz CT molecular complexity index is 1030. The Labute approximate surface area is 183 Å². The molecule has 31 heavy (non-hydrogen) atoms. The van der Waals surface area contributed by atoms with Crippen molar-refractivity contribution in [3.63, 3.8) is 0 Å². The average Bonchev–Trinajstić information content (AvgIpc) is 3.39. The average molecular weight is 448 g/mol. The van der Waals surface area contributed by atoms with Gasteiger partial charge in [-0.25, -0.2) is 8.42 Å². The predicted octanol–water partition coefficient (Wildman–Crippen LogP) is 2.59. The number of sulfonamides is 1. The largest absolute Gasteiger partial charge is 0.467 e. The van der Waals surface area contributed by atoms with E-state index in [2.05, 4.69) is 10.0 Å². The molecule has 2 N–H and O–H groups in total. The highest BCUT2D eigenvalue weighted by molar-refractivity contribution is 7.89. The van der Waals surface area contributed by atoms with E-state index in [1.807, 2.05) is 13.8 Å². The molecule has 1 aliphatic heterocycles. The number of rotatable bonds is 9. The lowest BCUT2D eigenvalue weighted by molar-refractivity contribution is -0.123. The first-order valence-corrected chi connectivity index (χ1v) is 11.9. The summed E-state index contributed by atoms with van der Waals surface area (Å²) in [4.78, 5) is 26.5. The molecule has 0 fully saturated rings. The van der Waals surface area contributed by atoms with Crippen LogP contribution in [0.25, 0.3) is 0 Å². The summed E-state index contributed by atoms with van der Waals surface area (Å²) < 4.78 is 33.9. The molecule has 9 heteroatoms. The van der Waals surface area contributed by atoms with Gasteiger partial charge >= 0.3 is 0 Å². The quantitative estimate of drug-likeness (QED) is 0.614. The van der Waals surface area contributed by atoms with E-state index in [4.69, 9.17) is 4.42 Å². The van der Waals surface area contributed by atoms with Crippen LogP contribution in [-0.2, 0) is 32.6 Å². The van der Waals surface area contributed by atoms with E-state index >= 15 is 0 Å². The lowest BCUT2D eigenvalue weighted by Gasteiger charge is -2.20. The van der Waals surface area contributed by atoms with Gasteiger partial charge in [-0.15, -0.1) is 0 Å². The molecule has 3 rings (SSSR count). The number of hydrogen-bond acceptors (Lipinski definition) is 5. The minimum absolute atomic E-state index is 0.0118. The molecule has 2 heterocycles. The van der Waals surface area contributed by atoms with Crippen molar-refractivity contribution in [2.45, 2.75) is 57.5 Å². The van der Waals surface area contributed by atoms with Crippen molar-refractivity contribution in [1.82, 2.24) is 10.0 Å². The molecule has 1 aromatic carbocycles. The highest BCUT2D eigenvalue weighted by Crippen LogP contribution is 2.30. The molecule has 0 bridgehead atoms. The summed E-state index contributed by atoms with van der Waals surface area (Å²) in [7, 11) is -3.92. The summed E-state index contributed by atoms with van der Waals surface area (Å²) in [5.74, 6) is 0.298. The van der Waals surface area contributed by atoms with E-state index in [0.29, 0.717) is 31.6 Å². The lowest BCUT2D eigenvalue weighted by atomic mass is 10.0. The standard InChI is InChI=1S/C22H29N3O5S/c1-4-21(26)25-10-9-16-13-18(7-8-20(16)25)31(28,29)24-19(12-15(2)3)22(27)23-14-17-6-5-11-30-17/h5-8,11,13,15,19,24H,4,9-10,12,14H2,1-3H3,(H,23,27)/t19-/m1/s1. The summed E-state index contributed by atoms with van der Waals surface area (Å²) in [6.45, 7) is 6.38. The zero-order valence-corrected chi connectivity index (χ0v) is 18.9. The fourth-order valence-corrected chi connectivity index (χ4v) is 4.90. The van der Waals surface area contributed by atoms with Crippen molar-refractivity contribution in [1.29, 1.82) is 0 Å². The van der Waals surface area contributed by atoms with Crippen LogP contribution in [0.15, 0.2) is 45.9 Å². The Balaban J connectivity index is 1.76. The van der Waals surface area contributed by atoms with Crippen LogP contribution in [0.5, 0.6) is 0 Å². The van der Waals surface area contributed by atoms with Crippen molar-refractivity contribution >= 4 is 27.5 Å². The first-order chi connectivity index (χ1) is 14.7. The van der Waals surface area contributed by atoms with Crippen LogP contribution in [0.2, 0.25) is 0 Å². The van der Waals surface area contributed by atoms with Crippen molar-refractivity contribution < 1.29 is 22.4 Å². The number of furan rings is 1. The number of hydrogen-bond donors (Lipinski definition) is 2. The Morgan fingerprint density at radius 1 is 1.23 bits per heavy atom. The zero-order chi connectivity index (χ0) is 22.6. The van der Waals surface area contributed by atoms with E-state index in [1.165, 1.54) is 12.3 Å². The Morgan fingerprint density at radius 3 is 2.65 bits per heavy atom. The number of fused-ring (bicyclic) bond motifs is 1. The highest BCUT2D eigenvalue weighted by atomic mass is 32.2. The van der Waals surface area contributed by atoms with Gasteiger partial charge in [-0.1, -0.05) is 20.8 Å². The summed E-state index contributed by atoms with van der Waals surface area (Å²) in [6.07, 6.45) is 2.86. The number of carbonyl (C=O) groups excluding carboxylic acids is 2. The van der Waals surface area contributed by atoms with Crippen molar-refractivity contribution in [2.75, 3.05) is 11.4 Å². The van der Waals surface area contributed by atoms with Crippen molar-refractivity contribution in [3.05, 3.63) is 47.9 Å². The molecule has 2 amide bonds. The van der Waals surface area contributed by atoms with Crippen LogP contribution >= 0.6 is 0 Å². The van der Waals surface area contributed by atoms with Gasteiger partial charge in [0.25, 0.3) is 0 Å². The Kier molecular flexibility index (Phi) is 7.17.